The lowest BCUT2D eigenvalue weighted by Crippen LogP contribution is -2.36. The van der Waals surface area contributed by atoms with Crippen LogP contribution in [0.5, 0.6) is 0 Å². The molecule has 0 radical (unpaired) electrons. The van der Waals surface area contributed by atoms with E-state index in [0.29, 0.717) is 25.3 Å². The maximum atomic E-state index is 11.5. The summed E-state index contributed by atoms with van der Waals surface area (Å²) in [4.78, 5) is 14.3. The zero-order chi connectivity index (χ0) is 17.5. The fraction of sp³-hybridized carbons (Fsp3) is 0.562. The standard InChI is InChI=1S/C16H25N5O2/c1-11-8-13(9-12(2)14(11)20-21-17)10-18-6-7-19-15(22)23-16(3,4)5/h8-9,18H,6-7,10H2,1-5H3,(H,19,22). The molecule has 0 aliphatic rings. The molecule has 0 aliphatic carbocycles. The van der Waals surface area contributed by atoms with Gasteiger partial charge in [0.05, 0.1) is 0 Å². The Bertz CT molecular complexity index is 578. The lowest BCUT2D eigenvalue weighted by molar-refractivity contribution is 0.0528. The van der Waals surface area contributed by atoms with Crippen LogP contribution in [0.25, 0.3) is 10.4 Å². The predicted octanol–water partition coefficient (Wildman–Crippen LogP) is 3.86. The molecular weight excluding hydrogens is 294 g/mol. The minimum absolute atomic E-state index is 0.412. The summed E-state index contributed by atoms with van der Waals surface area (Å²) in [6.45, 7) is 11.1. The summed E-state index contributed by atoms with van der Waals surface area (Å²) < 4.78 is 5.15. The molecule has 0 saturated carbocycles. The second kappa shape index (κ2) is 8.41. The van der Waals surface area contributed by atoms with Gasteiger partial charge in [0.15, 0.2) is 0 Å². The number of ether oxygens (including phenoxy) is 1. The van der Waals surface area contributed by atoms with Crippen LogP contribution in [0.2, 0.25) is 0 Å². The highest BCUT2D eigenvalue weighted by molar-refractivity contribution is 5.67. The molecule has 0 fully saturated rings. The van der Waals surface area contributed by atoms with Gasteiger partial charge in [-0.1, -0.05) is 17.2 Å². The van der Waals surface area contributed by atoms with E-state index >= 15 is 0 Å². The molecule has 23 heavy (non-hydrogen) atoms. The van der Waals surface area contributed by atoms with Crippen molar-refractivity contribution in [2.45, 2.75) is 46.8 Å². The lowest BCUT2D eigenvalue weighted by atomic mass is 10.0. The Hall–Kier alpha value is -2.24. The minimum Gasteiger partial charge on any atom is -0.444 e. The first kappa shape index (κ1) is 18.8. The van der Waals surface area contributed by atoms with Crippen molar-refractivity contribution in [2.75, 3.05) is 13.1 Å². The van der Waals surface area contributed by atoms with E-state index in [1.807, 2.05) is 46.8 Å². The Morgan fingerprint density at radius 3 is 2.39 bits per heavy atom. The number of nitrogens with one attached hydrogen (secondary N) is 2. The molecule has 0 saturated heterocycles. The summed E-state index contributed by atoms with van der Waals surface area (Å²) in [6, 6.07) is 3.98. The van der Waals surface area contributed by atoms with Crippen LogP contribution < -0.4 is 10.6 Å². The molecule has 7 nitrogen and oxygen atoms in total. The molecule has 0 spiro atoms. The molecule has 0 aromatic heterocycles. The van der Waals surface area contributed by atoms with Crippen LogP contribution >= 0.6 is 0 Å². The van der Waals surface area contributed by atoms with E-state index in [9.17, 15) is 4.79 Å². The van der Waals surface area contributed by atoms with Crippen molar-refractivity contribution < 1.29 is 9.53 Å². The molecule has 1 amide bonds. The first-order chi connectivity index (χ1) is 10.7. The number of hydrogen-bond acceptors (Lipinski definition) is 4. The Morgan fingerprint density at radius 2 is 1.87 bits per heavy atom. The zero-order valence-electron chi connectivity index (χ0n) is 14.4. The number of alkyl carbamates (subject to hydrolysis) is 1. The average molecular weight is 319 g/mol. The largest absolute Gasteiger partial charge is 0.444 e. The van der Waals surface area contributed by atoms with Crippen molar-refractivity contribution >= 4 is 11.8 Å². The summed E-state index contributed by atoms with van der Waals surface area (Å²) in [5.74, 6) is 0. The number of rotatable bonds is 6. The number of carbonyl (C=O) groups is 1. The molecule has 7 heteroatoms. The molecule has 1 aromatic rings. The first-order valence-corrected chi connectivity index (χ1v) is 7.55. The van der Waals surface area contributed by atoms with Gasteiger partial charge in [-0.3, -0.25) is 0 Å². The van der Waals surface area contributed by atoms with Gasteiger partial charge >= 0.3 is 6.09 Å². The third-order valence-corrected chi connectivity index (χ3v) is 2.99. The lowest BCUT2D eigenvalue weighted by Gasteiger charge is -2.19. The quantitative estimate of drug-likeness (QED) is 0.360. The van der Waals surface area contributed by atoms with Crippen LogP contribution in [0.4, 0.5) is 10.5 Å². The van der Waals surface area contributed by atoms with Crippen LogP contribution in [-0.4, -0.2) is 24.8 Å². The van der Waals surface area contributed by atoms with Crippen molar-refractivity contribution in [2.24, 2.45) is 5.11 Å². The van der Waals surface area contributed by atoms with Gasteiger partial charge in [0.1, 0.15) is 5.60 Å². The molecule has 1 rings (SSSR count). The summed E-state index contributed by atoms with van der Waals surface area (Å²) in [5, 5.41) is 9.65. The van der Waals surface area contributed by atoms with Gasteiger partial charge in [-0.2, -0.15) is 0 Å². The second-order valence-electron chi connectivity index (χ2n) is 6.37. The molecular formula is C16H25N5O2. The summed E-state index contributed by atoms with van der Waals surface area (Å²) in [5.41, 5.74) is 11.8. The number of benzene rings is 1. The maximum Gasteiger partial charge on any atom is 0.407 e. The third kappa shape index (κ3) is 7.04. The zero-order valence-corrected chi connectivity index (χ0v) is 14.4. The summed E-state index contributed by atoms with van der Waals surface area (Å²) >= 11 is 0. The number of azide groups is 1. The van der Waals surface area contributed by atoms with E-state index in [0.717, 1.165) is 16.7 Å². The van der Waals surface area contributed by atoms with E-state index in [1.54, 1.807) is 0 Å². The molecule has 0 atom stereocenters. The summed E-state index contributed by atoms with van der Waals surface area (Å²) in [6.07, 6.45) is -0.412. The highest BCUT2D eigenvalue weighted by Crippen LogP contribution is 2.25. The molecule has 0 unspecified atom stereocenters. The van der Waals surface area contributed by atoms with Gasteiger partial charge in [-0.05, 0) is 56.8 Å². The average Bonchev–Trinajstić information content (AvgIpc) is 2.40. The van der Waals surface area contributed by atoms with Gasteiger partial charge in [-0.15, -0.1) is 0 Å². The van der Waals surface area contributed by atoms with E-state index in [1.165, 1.54) is 0 Å². The molecule has 1 aromatic carbocycles. The minimum atomic E-state index is -0.486. The van der Waals surface area contributed by atoms with Crippen LogP contribution in [0, 0.1) is 13.8 Å². The Labute approximate surface area is 137 Å². The van der Waals surface area contributed by atoms with Crippen molar-refractivity contribution in [3.8, 4) is 0 Å². The van der Waals surface area contributed by atoms with E-state index in [-0.39, 0.29) is 0 Å². The normalized spacial score (nSPS) is 10.8. The highest BCUT2D eigenvalue weighted by Gasteiger charge is 2.15. The Morgan fingerprint density at radius 1 is 1.26 bits per heavy atom. The molecule has 126 valence electrons. The molecule has 0 bridgehead atoms. The molecule has 0 heterocycles. The smallest absolute Gasteiger partial charge is 0.407 e. The van der Waals surface area contributed by atoms with Gasteiger partial charge in [0, 0.05) is 30.2 Å². The maximum absolute atomic E-state index is 11.5. The van der Waals surface area contributed by atoms with Gasteiger partial charge in [0.2, 0.25) is 0 Å². The highest BCUT2D eigenvalue weighted by atomic mass is 16.6. The Kier molecular flexibility index (Phi) is 6.88. The van der Waals surface area contributed by atoms with Crippen molar-refractivity contribution in [1.29, 1.82) is 0 Å². The molecule has 0 aliphatic heterocycles. The van der Waals surface area contributed by atoms with E-state index < -0.39 is 11.7 Å². The topological polar surface area (TPSA) is 99.1 Å². The molecule has 2 N–H and O–H groups in total. The van der Waals surface area contributed by atoms with Gasteiger partial charge < -0.3 is 15.4 Å². The van der Waals surface area contributed by atoms with Gasteiger partial charge in [-0.25, -0.2) is 4.79 Å². The number of nitrogens with zero attached hydrogens (tertiary/aromatic N) is 3. The van der Waals surface area contributed by atoms with E-state index in [2.05, 4.69) is 20.7 Å². The fourth-order valence-electron chi connectivity index (χ4n) is 2.15. The van der Waals surface area contributed by atoms with Crippen molar-refractivity contribution in [1.82, 2.24) is 10.6 Å². The number of aryl methyl sites for hydroxylation is 2. The van der Waals surface area contributed by atoms with Crippen molar-refractivity contribution in [3.05, 3.63) is 39.3 Å². The predicted molar refractivity (Wildman–Crippen MR) is 90.7 cm³/mol. The van der Waals surface area contributed by atoms with Crippen LogP contribution in [0.3, 0.4) is 0 Å². The SMILES string of the molecule is Cc1cc(CNCCNC(=O)OC(C)(C)C)cc(C)c1N=[N+]=[N-]. The summed E-state index contributed by atoms with van der Waals surface area (Å²) in [7, 11) is 0. The fourth-order valence-corrected chi connectivity index (χ4v) is 2.15. The number of hydrogen-bond donors (Lipinski definition) is 2. The van der Waals surface area contributed by atoms with Crippen molar-refractivity contribution in [3.63, 3.8) is 0 Å². The van der Waals surface area contributed by atoms with Crippen LogP contribution in [0.15, 0.2) is 17.2 Å². The number of carbonyl (C=O) groups excluding carboxylic acids is 1. The Balaban J connectivity index is 2.40. The van der Waals surface area contributed by atoms with Gasteiger partial charge in [0.25, 0.3) is 0 Å². The third-order valence-electron chi connectivity index (χ3n) is 2.99. The second-order valence-corrected chi connectivity index (χ2v) is 6.37. The van der Waals surface area contributed by atoms with Crippen LogP contribution in [0.1, 0.15) is 37.5 Å². The first-order valence-electron chi connectivity index (χ1n) is 7.55. The number of amides is 1. The van der Waals surface area contributed by atoms with E-state index in [4.69, 9.17) is 10.3 Å². The van der Waals surface area contributed by atoms with Crippen LogP contribution in [-0.2, 0) is 11.3 Å². The monoisotopic (exact) mass is 319 g/mol.